The normalized spacial score (nSPS) is 33.6. The van der Waals surface area contributed by atoms with Crippen LogP contribution >= 0.6 is 0 Å². The Hall–Kier alpha value is -0.860. The van der Waals surface area contributed by atoms with E-state index in [0.717, 1.165) is 24.9 Å². The first kappa shape index (κ1) is 11.2. The lowest BCUT2D eigenvalue weighted by Crippen LogP contribution is -2.38. The van der Waals surface area contributed by atoms with Crippen LogP contribution in [0, 0.1) is 11.8 Å². The third-order valence-corrected chi connectivity index (χ3v) is 4.52. The number of nitrogens with zero attached hydrogens (tertiary/aromatic N) is 1. The van der Waals surface area contributed by atoms with Gasteiger partial charge in [0.1, 0.15) is 0 Å². The smallest absolute Gasteiger partial charge is 0.0476 e. The average Bonchev–Trinajstić information content (AvgIpc) is 2.69. The van der Waals surface area contributed by atoms with Crippen molar-refractivity contribution in [3.05, 3.63) is 35.4 Å². The van der Waals surface area contributed by atoms with Crippen LogP contribution in [0.25, 0.3) is 0 Å². The Kier molecular flexibility index (Phi) is 2.93. The van der Waals surface area contributed by atoms with E-state index < -0.39 is 0 Å². The molecule has 2 heteroatoms. The number of hydrogen-bond acceptors (Lipinski definition) is 2. The third-order valence-electron chi connectivity index (χ3n) is 4.52. The lowest BCUT2D eigenvalue weighted by Gasteiger charge is -2.33. The summed E-state index contributed by atoms with van der Waals surface area (Å²) < 4.78 is 0. The Balaban J connectivity index is 1.86. The molecule has 0 bridgehead atoms. The maximum absolute atomic E-state index is 3.56. The van der Waals surface area contributed by atoms with Gasteiger partial charge < -0.3 is 5.32 Å². The van der Waals surface area contributed by atoms with E-state index in [1.807, 2.05) is 0 Å². The minimum Gasteiger partial charge on any atom is -0.311 e. The first-order valence-corrected chi connectivity index (χ1v) is 6.78. The zero-order valence-electron chi connectivity index (χ0n) is 10.8. The molecular formula is C15H22N2. The highest BCUT2D eigenvalue weighted by Crippen LogP contribution is 2.33. The summed E-state index contributed by atoms with van der Waals surface area (Å²) in [5.41, 5.74) is 3.03. The van der Waals surface area contributed by atoms with Crippen molar-refractivity contribution in [3.8, 4) is 0 Å². The summed E-state index contributed by atoms with van der Waals surface area (Å²) in [7, 11) is 0. The maximum atomic E-state index is 3.56. The number of benzene rings is 1. The van der Waals surface area contributed by atoms with Crippen molar-refractivity contribution >= 4 is 0 Å². The number of rotatable bonds is 1. The Morgan fingerprint density at radius 1 is 1.12 bits per heavy atom. The van der Waals surface area contributed by atoms with E-state index in [9.17, 15) is 0 Å². The molecule has 1 aromatic carbocycles. The quantitative estimate of drug-likeness (QED) is 0.797. The minimum absolute atomic E-state index is 0.590. The van der Waals surface area contributed by atoms with Gasteiger partial charge in [-0.05, 0) is 23.0 Å². The molecule has 3 atom stereocenters. The second-order valence-electron chi connectivity index (χ2n) is 5.75. The Morgan fingerprint density at radius 3 is 2.59 bits per heavy atom. The molecule has 92 valence electrons. The molecule has 1 N–H and O–H groups in total. The number of likely N-dealkylation sites (tertiary alicyclic amines) is 1. The van der Waals surface area contributed by atoms with Gasteiger partial charge in [0.05, 0.1) is 0 Å². The highest BCUT2D eigenvalue weighted by molar-refractivity contribution is 5.32. The van der Waals surface area contributed by atoms with Gasteiger partial charge in [0.15, 0.2) is 0 Å². The number of fused-ring (bicyclic) bond motifs is 1. The molecule has 0 aromatic heterocycles. The molecule has 2 heterocycles. The van der Waals surface area contributed by atoms with Crippen molar-refractivity contribution in [2.45, 2.75) is 26.4 Å². The van der Waals surface area contributed by atoms with Crippen molar-refractivity contribution in [1.82, 2.24) is 10.2 Å². The van der Waals surface area contributed by atoms with E-state index in [1.165, 1.54) is 18.7 Å². The fourth-order valence-corrected chi connectivity index (χ4v) is 3.23. The van der Waals surface area contributed by atoms with Crippen LogP contribution < -0.4 is 5.32 Å². The van der Waals surface area contributed by atoms with Crippen LogP contribution in [0.1, 0.15) is 31.0 Å². The van der Waals surface area contributed by atoms with E-state index in [-0.39, 0.29) is 0 Å². The third kappa shape index (κ3) is 2.00. The molecule has 0 aliphatic carbocycles. The Bertz CT molecular complexity index is 392. The van der Waals surface area contributed by atoms with Gasteiger partial charge in [-0.25, -0.2) is 0 Å². The molecule has 17 heavy (non-hydrogen) atoms. The Morgan fingerprint density at radius 2 is 1.82 bits per heavy atom. The largest absolute Gasteiger partial charge is 0.311 e. The minimum atomic E-state index is 0.590. The fraction of sp³-hybridized carbons (Fsp3) is 0.600. The molecule has 3 unspecified atom stereocenters. The van der Waals surface area contributed by atoms with Crippen LogP contribution in [0.2, 0.25) is 0 Å². The van der Waals surface area contributed by atoms with Crippen molar-refractivity contribution in [1.29, 1.82) is 0 Å². The zero-order valence-corrected chi connectivity index (χ0v) is 10.8. The molecule has 1 aromatic rings. The van der Waals surface area contributed by atoms with Crippen molar-refractivity contribution in [3.63, 3.8) is 0 Å². The highest BCUT2D eigenvalue weighted by Gasteiger charge is 2.33. The lowest BCUT2D eigenvalue weighted by molar-refractivity contribution is 0.219. The molecular weight excluding hydrogens is 208 g/mol. The highest BCUT2D eigenvalue weighted by atomic mass is 15.2. The van der Waals surface area contributed by atoms with Gasteiger partial charge in [-0.1, -0.05) is 38.1 Å². The van der Waals surface area contributed by atoms with E-state index >= 15 is 0 Å². The van der Waals surface area contributed by atoms with Gasteiger partial charge in [0, 0.05) is 32.2 Å². The summed E-state index contributed by atoms with van der Waals surface area (Å²) in [4.78, 5) is 2.67. The second-order valence-corrected chi connectivity index (χ2v) is 5.75. The van der Waals surface area contributed by atoms with Crippen LogP contribution in [-0.2, 0) is 6.54 Å². The topological polar surface area (TPSA) is 15.3 Å². The van der Waals surface area contributed by atoms with Gasteiger partial charge in [-0.2, -0.15) is 0 Å². The predicted molar refractivity (Wildman–Crippen MR) is 70.8 cm³/mol. The fourth-order valence-electron chi connectivity index (χ4n) is 3.23. The molecule has 2 nitrogen and oxygen atoms in total. The summed E-state index contributed by atoms with van der Waals surface area (Å²) in [5, 5.41) is 3.56. The predicted octanol–water partition coefficient (Wildman–Crippen LogP) is 2.42. The van der Waals surface area contributed by atoms with E-state index in [0.29, 0.717) is 6.04 Å². The zero-order chi connectivity index (χ0) is 11.8. The van der Waals surface area contributed by atoms with Gasteiger partial charge in [-0.3, -0.25) is 4.90 Å². The molecule has 1 fully saturated rings. The van der Waals surface area contributed by atoms with Crippen LogP contribution in [0.4, 0.5) is 0 Å². The molecule has 0 amide bonds. The first-order chi connectivity index (χ1) is 8.25. The molecule has 1 saturated heterocycles. The van der Waals surface area contributed by atoms with Crippen LogP contribution in [-0.4, -0.2) is 24.5 Å². The van der Waals surface area contributed by atoms with E-state index in [4.69, 9.17) is 0 Å². The number of hydrogen-bond donors (Lipinski definition) is 1. The van der Waals surface area contributed by atoms with Gasteiger partial charge >= 0.3 is 0 Å². The van der Waals surface area contributed by atoms with E-state index in [2.05, 4.69) is 48.3 Å². The van der Waals surface area contributed by atoms with Crippen LogP contribution in [0.3, 0.4) is 0 Å². The van der Waals surface area contributed by atoms with Crippen molar-refractivity contribution in [2.24, 2.45) is 11.8 Å². The maximum Gasteiger partial charge on any atom is 0.0476 e. The first-order valence-electron chi connectivity index (χ1n) is 6.78. The van der Waals surface area contributed by atoms with Crippen LogP contribution in [0.5, 0.6) is 0 Å². The molecule has 0 spiro atoms. The average molecular weight is 230 g/mol. The summed E-state index contributed by atoms with van der Waals surface area (Å²) >= 11 is 0. The summed E-state index contributed by atoms with van der Waals surface area (Å²) in [5.74, 6) is 1.67. The lowest BCUT2D eigenvalue weighted by atomic mass is 9.96. The van der Waals surface area contributed by atoms with Crippen molar-refractivity contribution in [2.75, 3.05) is 19.6 Å². The second kappa shape index (κ2) is 4.43. The standard InChI is InChI=1S/C15H22N2/c1-11-9-17(10-12(11)2)15-8-16-7-13-5-3-4-6-14(13)15/h3-6,11-12,15-16H,7-10H2,1-2H3. The number of nitrogens with one attached hydrogen (secondary N) is 1. The monoisotopic (exact) mass is 230 g/mol. The molecule has 0 radical (unpaired) electrons. The van der Waals surface area contributed by atoms with Gasteiger partial charge in [0.2, 0.25) is 0 Å². The molecule has 0 saturated carbocycles. The Labute approximate surface area is 104 Å². The summed E-state index contributed by atoms with van der Waals surface area (Å²) in [6.45, 7) is 9.41. The van der Waals surface area contributed by atoms with E-state index in [1.54, 1.807) is 5.56 Å². The molecule has 2 aliphatic rings. The van der Waals surface area contributed by atoms with Gasteiger partial charge in [-0.15, -0.1) is 0 Å². The van der Waals surface area contributed by atoms with Crippen LogP contribution in [0.15, 0.2) is 24.3 Å². The molecule has 3 rings (SSSR count). The van der Waals surface area contributed by atoms with Crippen molar-refractivity contribution < 1.29 is 0 Å². The molecule has 2 aliphatic heterocycles. The SMILES string of the molecule is CC1CN(C2CNCc3ccccc32)CC1C. The van der Waals surface area contributed by atoms with Gasteiger partial charge in [0.25, 0.3) is 0 Å². The summed E-state index contributed by atoms with van der Waals surface area (Å²) in [6, 6.07) is 9.50. The summed E-state index contributed by atoms with van der Waals surface area (Å²) in [6.07, 6.45) is 0.